The average Bonchev–Trinajstić information content (AvgIpc) is 2.89. The first-order valence-corrected chi connectivity index (χ1v) is 5.71. The number of aromatic nitrogens is 4. The Morgan fingerprint density at radius 3 is 2.84 bits per heavy atom. The molecule has 0 aliphatic carbocycles. The minimum Gasteiger partial charge on any atom is -0.493 e. The minimum atomic E-state index is -0.0670. The summed E-state index contributed by atoms with van der Waals surface area (Å²) < 4.78 is 1.32. The number of hydrogen-bond donors (Lipinski definition) is 4. The molecule has 1 aromatic carbocycles. The number of hydrogen-bond acceptors (Lipinski definition) is 6. The maximum Gasteiger partial charge on any atom is 0.287 e. The van der Waals surface area contributed by atoms with Crippen molar-refractivity contribution in [1.29, 1.82) is 0 Å². The van der Waals surface area contributed by atoms with Crippen LogP contribution in [0.25, 0.3) is 10.9 Å². The van der Waals surface area contributed by atoms with E-state index in [4.69, 9.17) is 18.1 Å². The minimum absolute atomic E-state index is 0.0670. The quantitative estimate of drug-likeness (QED) is 0.325. The summed E-state index contributed by atoms with van der Waals surface area (Å²) in [5.74, 6) is 5.64. The number of nitrogens with one attached hydrogen (secondary N) is 2. The van der Waals surface area contributed by atoms with E-state index in [9.17, 15) is 5.11 Å². The van der Waals surface area contributed by atoms with E-state index in [0.29, 0.717) is 5.69 Å². The smallest absolute Gasteiger partial charge is 0.287 e. The first kappa shape index (κ1) is 11.4. The van der Waals surface area contributed by atoms with E-state index in [0.717, 1.165) is 15.6 Å². The van der Waals surface area contributed by atoms with Crippen molar-refractivity contribution in [3.8, 4) is 5.88 Å². The second-order valence-electron chi connectivity index (χ2n) is 3.77. The van der Waals surface area contributed by atoms with Crippen LogP contribution in [-0.2, 0) is 0 Å². The molecule has 0 radical (unpaired) electrons. The normalized spacial score (nSPS) is 11.6. The summed E-state index contributed by atoms with van der Waals surface area (Å²) in [5, 5.41) is 24.6. The van der Waals surface area contributed by atoms with E-state index in [1.54, 1.807) is 0 Å². The van der Waals surface area contributed by atoms with Crippen molar-refractivity contribution in [3.63, 3.8) is 0 Å². The fraction of sp³-hybridized carbons (Fsp3) is 0. The lowest BCUT2D eigenvalue weighted by molar-refractivity contribution is 0.459. The Labute approximate surface area is 111 Å². The summed E-state index contributed by atoms with van der Waals surface area (Å²) in [4.78, 5) is 2.80. The molecule has 2 aromatic heterocycles. The number of azo groups is 1. The van der Waals surface area contributed by atoms with Gasteiger partial charge in [-0.15, -0.1) is 15.3 Å². The van der Waals surface area contributed by atoms with Crippen molar-refractivity contribution in [3.05, 3.63) is 29.0 Å². The molecule has 0 spiro atoms. The molecule has 0 saturated carbocycles. The van der Waals surface area contributed by atoms with Crippen molar-refractivity contribution in [1.82, 2.24) is 19.9 Å². The second-order valence-corrected chi connectivity index (χ2v) is 4.15. The Kier molecular flexibility index (Phi) is 2.53. The zero-order chi connectivity index (χ0) is 13.4. The van der Waals surface area contributed by atoms with Gasteiger partial charge in [-0.25, -0.2) is 5.10 Å². The van der Waals surface area contributed by atoms with Crippen LogP contribution in [0.4, 0.5) is 11.6 Å². The first-order chi connectivity index (χ1) is 9.16. The monoisotopic (exact) mass is 275 g/mol. The van der Waals surface area contributed by atoms with Gasteiger partial charge in [0.25, 0.3) is 5.95 Å². The van der Waals surface area contributed by atoms with Gasteiger partial charge in [-0.2, -0.15) is 4.68 Å². The number of aromatic hydroxyl groups is 1. The summed E-state index contributed by atoms with van der Waals surface area (Å²) in [6.07, 6.45) is 0. The van der Waals surface area contributed by atoms with Crippen LogP contribution in [0.2, 0.25) is 0 Å². The topological polar surface area (TPSA) is 120 Å². The number of para-hydroxylation sites is 1. The van der Waals surface area contributed by atoms with Crippen molar-refractivity contribution in [2.45, 2.75) is 0 Å². The molecule has 5 N–H and O–H groups in total. The van der Waals surface area contributed by atoms with Crippen LogP contribution < -0.4 is 5.84 Å². The summed E-state index contributed by atoms with van der Waals surface area (Å²) in [7, 11) is 0. The second kappa shape index (κ2) is 4.21. The molecular formula is C10H9N7OS. The van der Waals surface area contributed by atoms with Crippen LogP contribution in [0.5, 0.6) is 5.88 Å². The van der Waals surface area contributed by atoms with E-state index in [1.807, 2.05) is 24.3 Å². The molecule has 3 rings (SSSR count). The fourth-order valence-electron chi connectivity index (χ4n) is 1.68. The molecule has 0 aliphatic heterocycles. The van der Waals surface area contributed by atoms with Gasteiger partial charge in [0, 0.05) is 5.39 Å². The maximum atomic E-state index is 9.79. The van der Waals surface area contributed by atoms with Gasteiger partial charge in [0.15, 0.2) is 5.69 Å². The van der Waals surface area contributed by atoms with Crippen LogP contribution in [0, 0.1) is 4.77 Å². The Morgan fingerprint density at radius 2 is 2.11 bits per heavy atom. The predicted molar refractivity (Wildman–Crippen MR) is 71.7 cm³/mol. The lowest BCUT2D eigenvalue weighted by atomic mass is 10.2. The highest BCUT2D eigenvalue weighted by Gasteiger charge is 2.10. The lowest BCUT2D eigenvalue weighted by Crippen LogP contribution is -2.06. The molecule has 9 heteroatoms. The van der Waals surface area contributed by atoms with Crippen LogP contribution in [0.3, 0.4) is 0 Å². The van der Waals surface area contributed by atoms with Crippen LogP contribution in [0.1, 0.15) is 0 Å². The lowest BCUT2D eigenvalue weighted by Gasteiger charge is -1.92. The maximum absolute atomic E-state index is 9.79. The van der Waals surface area contributed by atoms with Gasteiger partial charge in [0.05, 0.1) is 5.52 Å². The number of benzene rings is 1. The van der Waals surface area contributed by atoms with Gasteiger partial charge in [0.1, 0.15) is 0 Å². The van der Waals surface area contributed by atoms with Crippen molar-refractivity contribution >= 4 is 34.8 Å². The molecule has 2 heterocycles. The highest BCUT2D eigenvalue weighted by atomic mass is 32.1. The Balaban J connectivity index is 2.08. The van der Waals surface area contributed by atoms with Crippen molar-refractivity contribution in [2.75, 3.05) is 5.84 Å². The Bertz CT molecular complexity index is 828. The van der Waals surface area contributed by atoms with Crippen molar-refractivity contribution < 1.29 is 5.11 Å². The highest BCUT2D eigenvalue weighted by molar-refractivity contribution is 7.71. The van der Waals surface area contributed by atoms with Crippen LogP contribution in [0.15, 0.2) is 34.5 Å². The van der Waals surface area contributed by atoms with Gasteiger partial charge in [-0.1, -0.05) is 18.2 Å². The third kappa shape index (κ3) is 1.85. The molecule has 19 heavy (non-hydrogen) atoms. The molecule has 0 saturated heterocycles. The van der Waals surface area contributed by atoms with E-state index in [1.165, 1.54) is 0 Å². The zero-order valence-corrected chi connectivity index (χ0v) is 10.3. The number of nitrogen functional groups attached to an aromatic ring is 1. The van der Waals surface area contributed by atoms with E-state index >= 15 is 0 Å². The Hall–Kier alpha value is -2.68. The number of fused-ring (bicyclic) bond motifs is 1. The largest absolute Gasteiger partial charge is 0.493 e. The summed E-state index contributed by atoms with van der Waals surface area (Å²) >= 11 is 4.85. The molecule has 0 amide bonds. The van der Waals surface area contributed by atoms with Gasteiger partial charge in [-0.05, 0) is 18.3 Å². The molecule has 0 fully saturated rings. The van der Waals surface area contributed by atoms with Gasteiger partial charge >= 0.3 is 0 Å². The molecule has 96 valence electrons. The first-order valence-electron chi connectivity index (χ1n) is 5.30. The third-order valence-electron chi connectivity index (χ3n) is 2.58. The van der Waals surface area contributed by atoms with E-state index < -0.39 is 0 Å². The average molecular weight is 275 g/mol. The summed E-state index contributed by atoms with van der Waals surface area (Å²) in [5.41, 5.74) is 1.09. The molecular weight excluding hydrogens is 266 g/mol. The fourth-order valence-corrected chi connectivity index (χ4v) is 1.80. The molecule has 3 aromatic rings. The number of nitrogens with zero attached hydrogens (tertiary/aromatic N) is 4. The highest BCUT2D eigenvalue weighted by Crippen LogP contribution is 2.35. The van der Waals surface area contributed by atoms with Gasteiger partial charge < -0.3 is 15.9 Å². The summed E-state index contributed by atoms with van der Waals surface area (Å²) in [6.45, 7) is 0. The molecule has 8 nitrogen and oxygen atoms in total. The predicted octanol–water partition coefficient (Wildman–Crippen LogP) is 2.26. The number of nitrogens with two attached hydrogens (primary N) is 1. The standard InChI is InChI=1S/C10H9N7OS/c11-17-9(15-16-10(17)19)14-13-7-5-3-1-2-4-6(5)12-8(7)18/h1-4,12,18H,11H2,(H,16,19). The van der Waals surface area contributed by atoms with Gasteiger partial charge in [0.2, 0.25) is 10.7 Å². The molecule has 0 aliphatic rings. The molecule has 0 atom stereocenters. The van der Waals surface area contributed by atoms with Crippen LogP contribution in [-0.4, -0.2) is 25.0 Å². The third-order valence-corrected chi connectivity index (χ3v) is 2.87. The number of H-pyrrole nitrogens is 2. The van der Waals surface area contributed by atoms with E-state index in [-0.39, 0.29) is 16.6 Å². The number of rotatable bonds is 2. The zero-order valence-electron chi connectivity index (χ0n) is 9.53. The number of aromatic amines is 2. The van der Waals surface area contributed by atoms with E-state index in [2.05, 4.69) is 25.4 Å². The summed E-state index contributed by atoms with van der Waals surface area (Å²) in [6, 6.07) is 7.34. The Morgan fingerprint density at radius 1 is 1.32 bits per heavy atom. The molecule has 0 bridgehead atoms. The van der Waals surface area contributed by atoms with Gasteiger partial charge in [-0.3, -0.25) is 0 Å². The SMILES string of the molecule is Nn1c(N=Nc2c(O)[nH]c3ccccc23)n[nH]c1=S. The van der Waals surface area contributed by atoms with Crippen molar-refractivity contribution in [2.24, 2.45) is 10.2 Å². The molecule has 0 unspecified atom stereocenters. The van der Waals surface area contributed by atoms with Crippen LogP contribution >= 0.6 is 12.2 Å².